The number of carbonyl (C=O) groups excluding carboxylic acids is 1. The molecule has 0 aliphatic carbocycles. The molecule has 2 aromatic rings. The number of carbonyl (C=O) groups is 1. The number of piperazine rings is 1. The molecule has 1 aliphatic heterocycles. The molecular weight excluding hydrogens is 378 g/mol. The molecule has 0 saturated carbocycles. The number of nitro benzene ring substituents is 1. The number of rotatable bonds is 6. The van der Waals surface area contributed by atoms with Crippen LogP contribution < -0.4 is 19.3 Å². The molecule has 0 unspecified atom stereocenters. The van der Waals surface area contributed by atoms with Crippen molar-refractivity contribution < 1.29 is 23.9 Å². The van der Waals surface area contributed by atoms with Gasteiger partial charge in [-0.15, -0.1) is 0 Å². The van der Waals surface area contributed by atoms with Gasteiger partial charge in [0.2, 0.25) is 0 Å². The second-order valence-electron chi connectivity index (χ2n) is 6.46. The van der Waals surface area contributed by atoms with Crippen molar-refractivity contribution in [3.05, 3.63) is 52.1 Å². The summed E-state index contributed by atoms with van der Waals surface area (Å²) >= 11 is 0. The zero-order valence-electron chi connectivity index (χ0n) is 16.6. The largest absolute Gasteiger partial charge is 0.497 e. The Morgan fingerprint density at radius 2 is 1.55 bits per heavy atom. The summed E-state index contributed by atoms with van der Waals surface area (Å²) in [4.78, 5) is 26.9. The smallest absolute Gasteiger partial charge is 0.338 e. The van der Waals surface area contributed by atoms with Gasteiger partial charge in [-0.3, -0.25) is 10.1 Å². The van der Waals surface area contributed by atoms with Crippen molar-refractivity contribution >= 4 is 23.0 Å². The van der Waals surface area contributed by atoms with E-state index < -0.39 is 10.9 Å². The Morgan fingerprint density at radius 1 is 0.931 bits per heavy atom. The van der Waals surface area contributed by atoms with E-state index in [1.54, 1.807) is 26.4 Å². The first-order chi connectivity index (χ1) is 14.0. The van der Waals surface area contributed by atoms with Gasteiger partial charge in [0.15, 0.2) is 0 Å². The third-order valence-corrected chi connectivity index (χ3v) is 4.94. The molecule has 0 bridgehead atoms. The van der Waals surface area contributed by atoms with Gasteiger partial charge in [0.25, 0.3) is 5.69 Å². The summed E-state index contributed by atoms with van der Waals surface area (Å²) in [5.74, 6) is 0.827. The second-order valence-corrected chi connectivity index (χ2v) is 6.46. The number of ether oxygens (including phenoxy) is 3. The van der Waals surface area contributed by atoms with Crippen LogP contribution in [0.5, 0.6) is 11.5 Å². The van der Waals surface area contributed by atoms with E-state index in [0.29, 0.717) is 43.4 Å². The highest BCUT2D eigenvalue weighted by Crippen LogP contribution is 2.35. The van der Waals surface area contributed by atoms with Crippen LogP contribution in [0.3, 0.4) is 0 Å². The summed E-state index contributed by atoms with van der Waals surface area (Å²) in [6, 6.07) is 10.1. The standard InChI is InChI=1S/C20H23N3O6/c1-27-15-5-7-17(19(13-15)28-2)22-10-8-21(9-11-22)16-6-4-14(20(24)29-3)12-18(16)23(25)26/h4-7,12-13H,8-11H2,1-3H3. The Bertz CT molecular complexity index is 909. The Balaban J connectivity index is 1.79. The molecule has 1 aliphatic rings. The zero-order valence-corrected chi connectivity index (χ0v) is 16.6. The molecule has 0 amide bonds. The number of nitro groups is 1. The molecule has 29 heavy (non-hydrogen) atoms. The maximum absolute atomic E-state index is 11.7. The molecule has 1 heterocycles. The highest BCUT2D eigenvalue weighted by Gasteiger charge is 2.26. The van der Waals surface area contributed by atoms with Gasteiger partial charge in [0.05, 0.1) is 37.5 Å². The van der Waals surface area contributed by atoms with E-state index in [0.717, 1.165) is 5.69 Å². The Kier molecular flexibility index (Phi) is 6.06. The lowest BCUT2D eigenvalue weighted by Gasteiger charge is -2.37. The lowest BCUT2D eigenvalue weighted by molar-refractivity contribution is -0.384. The predicted octanol–water partition coefficient (Wildman–Crippen LogP) is 2.73. The Hall–Kier alpha value is -3.49. The third-order valence-electron chi connectivity index (χ3n) is 4.94. The molecule has 0 aromatic heterocycles. The fourth-order valence-corrected chi connectivity index (χ4v) is 3.42. The van der Waals surface area contributed by atoms with Crippen LogP contribution in [0.2, 0.25) is 0 Å². The van der Waals surface area contributed by atoms with Crippen LogP contribution in [0.4, 0.5) is 17.1 Å². The van der Waals surface area contributed by atoms with Gasteiger partial charge in [-0.1, -0.05) is 0 Å². The lowest BCUT2D eigenvalue weighted by Crippen LogP contribution is -2.46. The van der Waals surface area contributed by atoms with Crippen molar-refractivity contribution in [1.29, 1.82) is 0 Å². The minimum Gasteiger partial charge on any atom is -0.497 e. The summed E-state index contributed by atoms with van der Waals surface area (Å²) < 4.78 is 15.4. The molecular formula is C20H23N3O6. The van der Waals surface area contributed by atoms with Crippen molar-refractivity contribution in [2.24, 2.45) is 0 Å². The highest BCUT2D eigenvalue weighted by atomic mass is 16.6. The van der Waals surface area contributed by atoms with Crippen LogP contribution in [-0.2, 0) is 4.74 Å². The number of methoxy groups -OCH3 is 3. The fourth-order valence-electron chi connectivity index (χ4n) is 3.42. The van der Waals surface area contributed by atoms with E-state index in [9.17, 15) is 14.9 Å². The van der Waals surface area contributed by atoms with Crippen molar-refractivity contribution in [2.45, 2.75) is 0 Å². The number of anilines is 2. The van der Waals surface area contributed by atoms with Gasteiger partial charge in [-0.2, -0.15) is 0 Å². The Labute approximate surface area is 168 Å². The molecule has 1 saturated heterocycles. The third kappa shape index (κ3) is 4.18. The fraction of sp³-hybridized carbons (Fsp3) is 0.350. The molecule has 0 N–H and O–H groups in total. The summed E-state index contributed by atoms with van der Waals surface area (Å²) in [7, 11) is 4.46. The molecule has 154 valence electrons. The van der Waals surface area contributed by atoms with Crippen LogP contribution in [0.15, 0.2) is 36.4 Å². The van der Waals surface area contributed by atoms with E-state index in [1.165, 1.54) is 13.2 Å². The zero-order chi connectivity index (χ0) is 21.0. The number of nitrogens with zero attached hydrogens (tertiary/aromatic N) is 3. The molecule has 0 radical (unpaired) electrons. The average Bonchev–Trinajstić information content (AvgIpc) is 2.77. The molecule has 3 rings (SSSR count). The number of hydrogen-bond donors (Lipinski definition) is 0. The highest BCUT2D eigenvalue weighted by molar-refractivity contribution is 5.91. The van der Waals surface area contributed by atoms with E-state index in [2.05, 4.69) is 9.64 Å². The first-order valence-electron chi connectivity index (χ1n) is 9.07. The van der Waals surface area contributed by atoms with Crippen molar-refractivity contribution in [2.75, 3.05) is 57.3 Å². The number of hydrogen-bond acceptors (Lipinski definition) is 8. The van der Waals surface area contributed by atoms with Crippen LogP contribution in [0.1, 0.15) is 10.4 Å². The van der Waals surface area contributed by atoms with E-state index in [1.807, 2.05) is 23.1 Å². The summed E-state index contributed by atoms with van der Waals surface area (Å²) in [6.07, 6.45) is 0. The lowest BCUT2D eigenvalue weighted by atomic mass is 10.1. The van der Waals surface area contributed by atoms with Crippen molar-refractivity contribution in [1.82, 2.24) is 0 Å². The first-order valence-corrected chi connectivity index (χ1v) is 9.07. The molecule has 9 heteroatoms. The maximum atomic E-state index is 11.7. The van der Waals surface area contributed by atoms with E-state index in [-0.39, 0.29) is 11.3 Å². The van der Waals surface area contributed by atoms with Gasteiger partial charge in [-0.25, -0.2) is 4.79 Å². The predicted molar refractivity (Wildman–Crippen MR) is 108 cm³/mol. The van der Waals surface area contributed by atoms with Gasteiger partial charge >= 0.3 is 5.97 Å². The average molecular weight is 401 g/mol. The number of benzene rings is 2. The monoisotopic (exact) mass is 401 g/mol. The summed E-state index contributed by atoms with van der Waals surface area (Å²) in [6.45, 7) is 2.51. The van der Waals surface area contributed by atoms with Crippen LogP contribution >= 0.6 is 0 Å². The van der Waals surface area contributed by atoms with Crippen LogP contribution in [-0.4, -0.2) is 58.4 Å². The molecule has 0 atom stereocenters. The van der Waals surface area contributed by atoms with Crippen LogP contribution in [0, 0.1) is 10.1 Å². The van der Waals surface area contributed by atoms with E-state index >= 15 is 0 Å². The molecule has 9 nitrogen and oxygen atoms in total. The normalized spacial score (nSPS) is 13.8. The van der Waals surface area contributed by atoms with Gasteiger partial charge in [-0.05, 0) is 24.3 Å². The Morgan fingerprint density at radius 3 is 2.10 bits per heavy atom. The van der Waals surface area contributed by atoms with Crippen LogP contribution in [0.25, 0.3) is 0 Å². The second kappa shape index (κ2) is 8.68. The van der Waals surface area contributed by atoms with Gasteiger partial charge in [0.1, 0.15) is 17.2 Å². The number of esters is 1. The quantitative estimate of drug-likeness (QED) is 0.414. The first kappa shape index (κ1) is 20.2. The molecule has 0 spiro atoms. The summed E-state index contributed by atoms with van der Waals surface area (Å²) in [5.41, 5.74) is 1.49. The van der Waals surface area contributed by atoms with Crippen molar-refractivity contribution in [3.63, 3.8) is 0 Å². The minimum atomic E-state index is -0.601. The molecule has 2 aromatic carbocycles. The van der Waals surface area contributed by atoms with Crippen molar-refractivity contribution in [3.8, 4) is 11.5 Å². The summed E-state index contributed by atoms with van der Waals surface area (Å²) in [5, 5.41) is 11.5. The molecule has 1 fully saturated rings. The maximum Gasteiger partial charge on any atom is 0.338 e. The van der Waals surface area contributed by atoms with E-state index in [4.69, 9.17) is 9.47 Å². The van der Waals surface area contributed by atoms with Gasteiger partial charge in [0, 0.05) is 38.3 Å². The van der Waals surface area contributed by atoms with Gasteiger partial charge < -0.3 is 24.0 Å². The minimum absolute atomic E-state index is 0.108. The SMILES string of the molecule is COC(=O)c1ccc(N2CCN(c3ccc(OC)cc3OC)CC2)c([N+](=O)[O-])c1. The topological polar surface area (TPSA) is 94.4 Å².